The highest BCUT2D eigenvalue weighted by Gasteiger charge is 2.44. The van der Waals surface area contributed by atoms with Gasteiger partial charge in [-0.2, -0.15) is 0 Å². The minimum atomic E-state index is -0.429. The first-order chi connectivity index (χ1) is 13.7. The monoisotopic (exact) mass is 396 g/mol. The van der Waals surface area contributed by atoms with Gasteiger partial charge in [-0.3, -0.25) is 0 Å². The van der Waals surface area contributed by atoms with E-state index in [2.05, 4.69) is 46.8 Å². The predicted molar refractivity (Wildman–Crippen MR) is 118 cm³/mol. The lowest BCUT2D eigenvalue weighted by Crippen LogP contribution is -2.33. The molecule has 2 heterocycles. The van der Waals surface area contributed by atoms with Crippen LogP contribution in [0.2, 0.25) is 0 Å². The Morgan fingerprint density at radius 2 is 1.97 bits per heavy atom. The van der Waals surface area contributed by atoms with Crippen molar-refractivity contribution in [3.05, 3.63) is 57.5 Å². The van der Waals surface area contributed by atoms with Crippen molar-refractivity contribution in [2.24, 2.45) is 0 Å². The van der Waals surface area contributed by atoms with E-state index in [1.54, 1.807) is 13.2 Å². The SMILES string of the molecule is COc1ccc2c3c(c(=O)oc2c1)[C@H](C)[C@](C)(CC/C=C(\C)CCC=C(C)C)O3. The van der Waals surface area contributed by atoms with Crippen molar-refractivity contribution in [3.8, 4) is 11.5 Å². The summed E-state index contributed by atoms with van der Waals surface area (Å²) in [5.74, 6) is 1.29. The second-order valence-corrected chi connectivity index (χ2v) is 8.54. The third kappa shape index (κ3) is 4.42. The summed E-state index contributed by atoms with van der Waals surface area (Å²) in [6.07, 6.45) is 8.50. The van der Waals surface area contributed by atoms with Crippen molar-refractivity contribution in [1.82, 2.24) is 0 Å². The number of benzene rings is 1. The maximum Gasteiger partial charge on any atom is 0.343 e. The molecule has 0 spiro atoms. The zero-order chi connectivity index (χ0) is 21.2. The number of fused-ring (bicyclic) bond motifs is 3. The molecule has 0 aliphatic carbocycles. The van der Waals surface area contributed by atoms with E-state index in [-0.39, 0.29) is 11.5 Å². The van der Waals surface area contributed by atoms with Crippen molar-refractivity contribution in [3.63, 3.8) is 0 Å². The molecule has 156 valence electrons. The zero-order valence-corrected chi connectivity index (χ0v) is 18.4. The second kappa shape index (κ2) is 8.48. The maximum absolute atomic E-state index is 12.7. The van der Waals surface area contributed by atoms with E-state index in [4.69, 9.17) is 13.9 Å². The Bertz CT molecular complexity index is 1010. The lowest BCUT2D eigenvalue weighted by Gasteiger charge is -2.28. The Morgan fingerprint density at radius 3 is 2.66 bits per heavy atom. The molecule has 1 aromatic heterocycles. The Morgan fingerprint density at radius 1 is 1.21 bits per heavy atom. The average molecular weight is 397 g/mol. The van der Waals surface area contributed by atoms with Gasteiger partial charge in [-0.05, 0) is 65.5 Å². The molecule has 2 aromatic rings. The van der Waals surface area contributed by atoms with E-state index in [1.165, 1.54) is 11.1 Å². The lowest BCUT2D eigenvalue weighted by atomic mass is 9.84. The standard InChI is InChI=1S/C25H32O4/c1-16(2)9-7-10-17(3)11-8-14-25(5)18(4)22-23(29-25)20-13-12-19(27-6)15-21(20)28-24(22)26/h9,11-13,15,18H,7-8,10,14H2,1-6H3/b17-11+/t18-,25-/m0/s1. The summed E-state index contributed by atoms with van der Waals surface area (Å²) in [6.45, 7) is 10.6. The number of methoxy groups -OCH3 is 1. The summed E-state index contributed by atoms with van der Waals surface area (Å²) in [4.78, 5) is 12.7. The molecule has 29 heavy (non-hydrogen) atoms. The van der Waals surface area contributed by atoms with E-state index in [0.717, 1.165) is 31.1 Å². The van der Waals surface area contributed by atoms with E-state index in [0.29, 0.717) is 22.6 Å². The molecule has 0 amide bonds. The van der Waals surface area contributed by atoms with Crippen LogP contribution >= 0.6 is 0 Å². The maximum atomic E-state index is 12.7. The largest absolute Gasteiger partial charge is 0.497 e. The molecule has 0 N–H and O–H groups in total. The first-order valence-electron chi connectivity index (χ1n) is 10.4. The topological polar surface area (TPSA) is 48.7 Å². The highest BCUT2D eigenvalue weighted by atomic mass is 16.5. The van der Waals surface area contributed by atoms with Gasteiger partial charge in [0.15, 0.2) is 0 Å². The van der Waals surface area contributed by atoms with Gasteiger partial charge < -0.3 is 13.9 Å². The van der Waals surface area contributed by atoms with Gasteiger partial charge in [0.05, 0.1) is 18.1 Å². The summed E-state index contributed by atoms with van der Waals surface area (Å²) >= 11 is 0. The molecule has 0 bridgehead atoms. The summed E-state index contributed by atoms with van der Waals surface area (Å²) in [5.41, 5.74) is 3.16. The third-order valence-corrected chi connectivity index (χ3v) is 6.01. The van der Waals surface area contributed by atoms with Crippen LogP contribution in [0.4, 0.5) is 0 Å². The van der Waals surface area contributed by atoms with Crippen molar-refractivity contribution in [2.75, 3.05) is 7.11 Å². The molecular formula is C25H32O4. The van der Waals surface area contributed by atoms with Crippen LogP contribution in [0.1, 0.15) is 71.8 Å². The van der Waals surface area contributed by atoms with Gasteiger partial charge in [0.2, 0.25) is 0 Å². The lowest BCUT2D eigenvalue weighted by molar-refractivity contribution is 0.0862. The highest BCUT2D eigenvalue weighted by Crippen LogP contribution is 2.48. The van der Waals surface area contributed by atoms with Crippen molar-refractivity contribution in [2.45, 2.75) is 71.8 Å². The third-order valence-electron chi connectivity index (χ3n) is 6.01. The highest BCUT2D eigenvalue weighted by molar-refractivity contribution is 5.86. The van der Waals surface area contributed by atoms with Gasteiger partial charge in [-0.15, -0.1) is 0 Å². The van der Waals surface area contributed by atoms with Gasteiger partial charge >= 0.3 is 5.63 Å². The molecule has 4 nitrogen and oxygen atoms in total. The second-order valence-electron chi connectivity index (χ2n) is 8.54. The molecule has 4 heteroatoms. The van der Waals surface area contributed by atoms with Crippen LogP contribution in [0.25, 0.3) is 11.0 Å². The van der Waals surface area contributed by atoms with Gasteiger partial charge in [0.25, 0.3) is 0 Å². The molecule has 1 aliphatic heterocycles. The number of rotatable bonds is 7. The van der Waals surface area contributed by atoms with Crippen LogP contribution < -0.4 is 15.1 Å². The van der Waals surface area contributed by atoms with Crippen LogP contribution in [0.15, 0.2) is 50.7 Å². The van der Waals surface area contributed by atoms with E-state index >= 15 is 0 Å². The predicted octanol–water partition coefficient (Wildman–Crippen LogP) is 6.53. The van der Waals surface area contributed by atoms with E-state index < -0.39 is 5.60 Å². The van der Waals surface area contributed by atoms with E-state index in [9.17, 15) is 4.79 Å². The molecule has 0 saturated heterocycles. The number of hydrogen-bond acceptors (Lipinski definition) is 4. The molecule has 0 unspecified atom stereocenters. The Kier molecular flexibility index (Phi) is 6.21. The average Bonchev–Trinajstić information content (AvgIpc) is 2.93. The Labute approximate surface area is 173 Å². The van der Waals surface area contributed by atoms with Crippen LogP contribution in [-0.4, -0.2) is 12.7 Å². The first-order valence-corrected chi connectivity index (χ1v) is 10.4. The van der Waals surface area contributed by atoms with Crippen molar-refractivity contribution in [1.29, 1.82) is 0 Å². The van der Waals surface area contributed by atoms with Crippen LogP contribution in [0, 0.1) is 0 Å². The Balaban J connectivity index is 1.79. The van der Waals surface area contributed by atoms with Crippen LogP contribution in [-0.2, 0) is 0 Å². The molecule has 0 fully saturated rings. The minimum Gasteiger partial charge on any atom is -0.497 e. The summed E-state index contributed by atoms with van der Waals surface area (Å²) in [7, 11) is 1.59. The van der Waals surface area contributed by atoms with Crippen LogP contribution in [0.3, 0.4) is 0 Å². The molecule has 3 rings (SSSR count). The summed E-state index contributed by atoms with van der Waals surface area (Å²) < 4.78 is 17.3. The fourth-order valence-corrected chi connectivity index (χ4v) is 3.97. The van der Waals surface area contributed by atoms with Crippen molar-refractivity contribution < 1.29 is 13.9 Å². The van der Waals surface area contributed by atoms with Crippen LogP contribution in [0.5, 0.6) is 11.5 Å². The normalized spacial score (nSPS) is 21.0. The van der Waals surface area contributed by atoms with E-state index in [1.807, 2.05) is 12.1 Å². The number of hydrogen-bond donors (Lipinski definition) is 0. The molecule has 1 aromatic carbocycles. The Hall–Kier alpha value is -2.49. The fourth-order valence-electron chi connectivity index (χ4n) is 3.97. The minimum absolute atomic E-state index is 0.0281. The number of ether oxygens (including phenoxy) is 2. The molecule has 2 atom stereocenters. The summed E-state index contributed by atoms with van der Waals surface area (Å²) in [5, 5.41) is 0.824. The fraction of sp³-hybridized carbons (Fsp3) is 0.480. The van der Waals surface area contributed by atoms with Gasteiger partial charge in [0.1, 0.15) is 22.7 Å². The van der Waals surface area contributed by atoms with Gasteiger partial charge in [0, 0.05) is 12.0 Å². The number of allylic oxidation sites excluding steroid dienone is 4. The molecule has 1 aliphatic rings. The van der Waals surface area contributed by atoms with Gasteiger partial charge in [-0.1, -0.05) is 30.2 Å². The first kappa shape index (κ1) is 21.2. The molecule has 0 saturated carbocycles. The quantitative estimate of drug-likeness (QED) is 0.394. The van der Waals surface area contributed by atoms with Crippen molar-refractivity contribution >= 4 is 11.0 Å². The molecular weight excluding hydrogens is 364 g/mol. The molecule has 0 radical (unpaired) electrons. The smallest absolute Gasteiger partial charge is 0.343 e. The van der Waals surface area contributed by atoms with Gasteiger partial charge in [-0.25, -0.2) is 4.79 Å². The summed E-state index contributed by atoms with van der Waals surface area (Å²) in [6, 6.07) is 5.51. The zero-order valence-electron chi connectivity index (χ0n) is 18.4.